The van der Waals surface area contributed by atoms with E-state index in [0.717, 1.165) is 30.2 Å². The van der Waals surface area contributed by atoms with Crippen LogP contribution in [0.2, 0.25) is 5.02 Å². The van der Waals surface area contributed by atoms with Gasteiger partial charge in [0.15, 0.2) is 0 Å². The van der Waals surface area contributed by atoms with Gasteiger partial charge in [-0.15, -0.1) is 0 Å². The van der Waals surface area contributed by atoms with E-state index in [9.17, 15) is 0 Å². The lowest BCUT2D eigenvalue weighted by Gasteiger charge is -2.17. The number of rotatable bonds is 5. The summed E-state index contributed by atoms with van der Waals surface area (Å²) in [5, 5.41) is 8.28. The molecule has 2 aromatic rings. The van der Waals surface area contributed by atoms with E-state index in [1.807, 2.05) is 26.1 Å². The van der Waals surface area contributed by atoms with Crippen LogP contribution >= 0.6 is 11.6 Å². The van der Waals surface area contributed by atoms with Crippen LogP contribution in [0.3, 0.4) is 0 Å². The van der Waals surface area contributed by atoms with Crippen LogP contribution in [-0.4, -0.2) is 16.3 Å². The van der Waals surface area contributed by atoms with Gasteiger partial charge in [-0.3, -0.25) is 4.68 Å². The highest BCUT2D eigenvalue weighted by Gasteiger charge is 2.23. The number of aryl methyl sites for hydroxylation is 2. The molecule has 0 fully saturated rings. The summed E-state index contributed by atoms with van der Waals surface area (Å²) in [6.07, 6.45) is 2.71. The van der Waals surface area contributed by atoms with Crippen molar-refractivity contribution in [2.24, 2.45) is 7.05 Å². The van der Waals surface area contributed by atoms with E-state index in [1.54, 1.807) is 10.9 Å². The number of hydrogen-bond acceptors (Lipinski definition) is 3. The van der Waals surface area contributed by atoms with Crippen molar-refractivity contribution >= 4 is 11.6 Å². The smallest absolute Gasteiger partial charge is 0.127 e. The maximum absolute atomic E-state index is 6.21. The maximum atomic E-state index is 6.21. The van der Waals surface area contributed by atoms with Gasteiger partial charge in [-0.1, -0.05) is 18.5 Å². The molecule has 0 saturated carbocycles. The quantitative estimate of drug-likeness (QED) is 0.905. The van der Waals surface area contributed by atoms with Crippen molar-refractivity contribution in [1.29, 1.82) is 0 Å². The molecule has 18 heavy (non-hydrogen) atoms. The van der Waals surface area contributed by atoms with Gasteiger partial charge >= 0.3 is 0 Å². The average Bonchev–Trinajstić information content (AvgIpc) is 2.90. The Morgan fingerprint density at radius 1 is 1.50 bits per heavy atom. The molecule has 0 aliphatic heterocycles. The predicted octanol–water partition coefficient (Wildman–Crippen LogP) is 3.06. The lowest BCUT2D eigenvalue weighted by Crippen LogP contribution is -2.25. The molecule has 0 amide bonds. The standard InChI is InChI=1S/C13H18ClN3O/c1-4-7-15-12(11-6-5-9(2)18-11)13-10(14)8-16-17(13)3/h5-6,8,12,15H,4,7H2,1-3H3. The maximum Gasteiger partial charge on any atom is 0.127 e. The monoisotopic (exact) mass is 267 g/mol. The Hall–Kier alpha value is -1.26. The van der Waals surface area contributed by atoms with Gasteiger partial charge < -0.3 is 9.73 Å². The summed E-state index contributed by atoms with van der Waals surface area (Å²) in [4.78, 5) is 0. The zero-order chi connectivity index (χ0) is 13.1. The van der Waals surface area contributed by atoms with Crippen molar-refractivity contribution in [3.05, 3.63) is 40.6 Å². The topological polar surface area (TPSA) is 43.0 Å². The molecule has 98 valence electrons. The molecular formula is C13H18ClN3O. The van der Waals surface area contributed by atoms with Crippen LogP contribution in [0.5, 0.6) is 0 Å². The van der Waals surface area contributed by atoms with E-state index < -0.39 is 0 Å². The van der Waals surface area contributed by atoms with E-state index in [0.29, 0.717) is 5.02 Å². The van der Waals surface area contributed by atoms with Crippen LogP contribution in [0.1, 0.15) is 36.6 Å². The van der Waals surface area contributed by atoms with Crippen molar-refractivity contribution in [2.45, 2.75) is 26.3 Å². The molecular weight excluding hydrogens is 250 g/mol. The van der Waals surface area contributed by atoms with Crippen molar-refractivity contribution in [1.82, 2.24) is 15.1 Å². The molecule has 2 rings (SSSR count). The third kappa shape index (κ3) is 2.60. The summed E-state index contributed by atoms with van der Waals surface area (Å²) < 4.78 is 7.50. The first-order chi connectivity index (χ1) is 8.63. The normalized spacial score (nSPS) is 12.9. The summed E-state index contributed by atoms with van der Waals surface area (Å²) in [6, 6.07) is 3.88. The summed E-state index contributed by atoms with van der Waals surface area (Å²) in [5.41, 5.74) is 0.930. The Balaban J connectivity index is 2.36. The van der Waals surface area contributed by atoms with Gasteiger partial charge in [0.1, 0.15) is 17.6 Å². The van der Waals surface area contributed by atoms with Crippen molar-refractivity contribution in [3.63, 3.8) is 0 Å². The molecule has 0 aliphatic carbocycles. The van der Waals surface area contributed by atoms with Gasteiger partial charge in [0.05, 0.1) is 16.9 Å². The Kier molecular flexibility index (Phi) is 4.09. The lowest BCUT2D eigenvalue weighted by molar-refractivity contribution is 0.418. The number of furan rings is 1. The minimum Gasteiger partial charge on any atom is -0.464 e. The fourth-order valence-electron chi connectivity index (χ4n) is 1.97. The van der Waals surface area contributed by atoms with Crippen LogP contribution in [0.15, 0.2) is 22.7 Å². The second kappa shape index (κ2) is 5.59. The van der Waals surface area contributed by atoms with E-state index in [-0.39, 0.29) is 6.04 Å². The highest BCUT2D eigenvalue weighted by Crippen LogP contribution is 2.28. The lowest BCUT2D eigenvalue weighted by atomic mass is 10.1. The minimum absolute atomic E-state index is 0.0568. The van der Waals surface area contributed by atoms with Gasteiger partial charge in [0.25, 0.3) is 0 Å². The Morgan fingerprint density at radius 3 is 2.78 bits per heavy atom. The molecule has 0 aliphatic rings. The number of nitrogens with zero attached hydrogens (tertiary/aromatic N) is 2. The molecule has 4 nitrogen and oxygen atoms in total. The first-order valence-electron chi connectivity index (χ1n) is 6.10. The molecule has 1 unspecified atom stereocenters. The summed E-state index contributed by atoms with van der Waals surface area (Å²) in [5.74, 6) is 1.76. The third-order valence-corrected chi connectivity index (χ3v) is 3.15. The average molecular weight is 268 g/mol. The Morgan fingerprint density at radius 2 is 2.28 bits per heavy atom. The molecule has 5 heteroatoms. The summed E-state index contributed by atoms with van der Waals surface area (Å²) >= 11 is 6.21. The molecule has 0 spiro atoms. The minimum atomic E-state index is -0.0568. The van der Waals surface area contributed by atoms with E-state index in [4.69, 9.17) is 16.0 Å². The fraction of sp³-hybridized carbons (Fsp3) is 0.462. The van der Waals surface area contributed by atoms with Crippen LogP contribution < -0.4 is 5.32 Å². The molecule has 0 aromatic carbocycles. The van der Waals surface area contributed by atoms with Gasteiger partial charge in [-0.2, -0.15) is 5.10 Å². The van der Waals surface area contributed by atoms with Crippen LogP contribution in [0, 0.1) is 6.92 Å². The number of halogens is 1. The molecule has 0 saturated heterocycles. The third-order valence-electron chi connectivity index (χ3n) is 2.86. The fourth-order valence-corrected chi connectivity index (χ4v) is 2.25. The van der Waals surface area contributed by atoms with Crippen LogP contribution in [-0.2, 0) is 7.05 Å². The number of nitrogens with one attached hydrogen (secondary N) is 1. The second-order valence-electron chi connectivity index (χ2n) is 4.34. The first-order valence-corrected chi connectivity index (χ1v) is 6.48. The Labute approximate surface area is 112 Å². The number of hydrogen-bond donors (Lipinski definition) is 1. The van der Waals surface area contributed by atoms with E-state index in [2.05, 4.69) is 17.3 Å². The largest absolute Gasteiger partial charge is 0.464 e. The first kappa shape index (κ1) is 13.2. The van der Waals surface area contributed by atoms with Gasteiger partial charge in [0, 0.05) is 7.05 Å². The highest BCUT2D eigenvalue weighted by atomic mass is 35.5. The second-order valence-corrected chi connectivity index (χ2v) is 4.74. The molecule has 0 radical (unpaired) electrons. The molecule has 1 N–H and O–H groups in total. The van der Waals surface area contributed by atoms with Crippen LogP contribution in [0.25, 0.3) is 0 Å². The summed E-state index contributed by atoms with van der Waals surface area (Å²) in [6.45, 7) is 4.96. The summed E-state index contributed by atoms with van der Waals surface area (Å²) in [7, 11) is 1.89. The zero-order valence-electron chi connectivity index (χ0n) is 10.9. The van der Waals surface area contributed by atoms with Gasteiger partial charge in [0.2, 0.25) is 0 Å². The highest BCUT2D eigenvalue weighted by molar-refractivity contribution is 6.31. The zero-order valence-corrected chi connectivity index (χ0v) is 11.7. The van der Waals surface area contributed by atoms with Crippen molar-refractivity contribution in [2.75, 3.05) is 6.54 Å². The molecule has 2 heterocycles. The van der Waals surface area contributed by atoms with Crippen molar-refractivity contribution in [3.8, 4) is 0 Å². The SMILES string of the molecule is CCCNC(c1ccc(C)o1)c1c(Cl)cnn1C. The van der Waals surface area contributed by atoms with E-state index in [1.165, 1.54) is 0 Å². The Bertz CT molecular complexity index is 499. The molecule has 1 atom stereocenters. The van der Waals surface area contributed by atoms with E-state index >= 15 is 0 Å². The van der Waals surface area contributed by atoms with Crippen molar-refractivity contribution < 1.29 is 4.42 Å². The number of aromatic nitrogens is 2. The predicted molar refractivity (Wildman–Crippen MR) is 71.8 cm³/mol. The van der Waals surface area contributed by atoms with Gasteiger partial charge in [-0.25, -0.2) is 0 Å². The van der Waals surface area contributed by atoms with Crippen LogP contribution in [0.4, 0.5) is 0 Å². The molecule has 2 aromatic heterocycles. The molecule has 0 bridgehead atoms. The van der Waals surface area contributed by atoms with Gasteiger partial charge in [-0.05, 0) is 32.0 Å².